The van der Waals surface area contributed by atoms with Gasteiger partial charge in [0.2, 0.25) is 0 Å². The lowest BCUT2D eigenvalue weighted by molar-refractivity contribution is 0.325. The molecule has 1 atom stereocenters. The van der Waals surface area contributed by atoms with Gasteiger partial charge >= 0.3 is 0 Å². The molecule has 0 amide bonds. The van der Waals surface area contributed by atoms with E-state index in [1.165, 1.54) is 11.8 Å². The molecule has 1 aromatic rings. The van der Waals surface area contributed by atoms with Crippen molar-refractivity contribution in [1.82, 2.24) is 5.32 Å². The van der Waals surface area contributed by atoms with E-state index in [0.717, 1.165) is 13.0 Å². The molecule has 0 bridgehead atoms. The van der Waals surface area contributed by atoms with Crippen molar-refractivity contribution >= 4 is 9.84 Å². The normalized spacial score (nSPS) is 14.2. The Bertz CT molecular complexity index is 494. The van der Waals surface area contributed by atoms with Crippen molar-refractivity contribution in [3.63, 3.8) is 0 Å². The second kappa shape index (κ2) is 7.23. The van der Waals surface area contributed by atoms with E-state index in [-0.39, 0.29) is 17.2 Å². The van der Waals surface area contributed by atoms with Gasteiger partial charge in [-0.3, -0.25) is 0 Å². The van der Waals surface area contributed by atoms with Crippen LogP contribution < -0.4 is 5.32 Å². The maximum Gasteiger partial charge on any atom is 0.147 e. The van der Waals surface area contributed by atoms with Crippen molar-refractivity contribution in [3.8, 4) is 0 Å². The summed E-state index contributed by atoms with van der Waals surface area (Å²) in [6, 6.07) is 10.7. The molecule has 0 aromatic heterocycles. The summed E-state index contributed by atoms with van der Waals surface area (Å²) in [4.78, 5) is 0. The number of sulfone groups is 1. The van der Waals surface area contributed by atoms with Crippen LogP contribution >= 0.6 is 0 Å². The topological polar surface area (TPSA) is 46.2 Å². The van der Waals surface area contributed by atoms with Gasteiger partial charge in [0.05, 0.1) is 0 Å². The Kier molecular flexibility index (Phi) is 6.21. The summed E-state index contributed by atoms with van der Waals surface area (Å²) >= 11 is 0. The molecule has 1 unspecified atom stereocenters. The zero-order valence-corrected chi connectivity index (χ0v) is 13.8. The molecule has 1 aromatic carbocycles. The molecule has 3 nitrogen and oxygen atoms in total. The first-order chi connectivity index (χ1) is 9.27. The predicted octanol–water partition coefficient (Wildman–Crippen LogP) is 2.77. The lowest BCUT2D eigenvalue weighted by Crippen LogP contribution is -2.45. The van der Waals surface area contributed by atoms with Gasteiger partial charge in [0.1, 0.15) is 9.84 Å². The highest BCUT2D eigenvalue weighted by Crippen LogP contribution is 2.29. The number of rotatable bonds is 8. The number of nitrogens with one attached hydrogen (secondary N) is 1. The zero-order chi connectivity index (χ0) is 15.2. The van der Waals surface area contributed by atoms with Gasteiger partial charge in [-0.2, -0.15) is 0 Å². The van der Waals surface area contributed by atoms with Crippen LogP contribution in [0.25, 0.3) is 0 Å². The first-order valence-electron chi connectivity index (χ1n) is 7.24. The third-order valence-electron chi connectivity index (χ3n) is 3.85. The molecule has 0 aliphatic carbocycles. The van der Waals surface area contributed by atoms with E-state index in [9.17, 15) is 8.42 Å². The Balaban J connectivity index is 2.78. The lowest BCUT2D eigenvalue weighted by atomic mass is 9.76. The van der Waals surface area contributed by atoms with Crippen molar-refractivity contribution in [3.05, 3.63) is 35.9 Å². The molecule has 0 radical (unpaired) electrons. The first-order valence-corrected chi connectivity index (χ1v) is 9.30. The molecule has 1 N–H and O–H groups in total. The summed E-state index contributed by atoms with van der Waals surface area (Å²) in [5, 5.41) is 3.51. The summed E-state index contributed by atoms with van der Waals surface area (Å²) < 4.78 is 22.5. The van der Waals surface area contributed by atoms with Crippen molar-refractivity contribution in [2.24, 2.45) is 0 Å². The summed E-state index contributed by atoms with van der Waals surface area (Å²) in [7, 11) is -2.87. The minimum absolute atomic E-state index is 0.0191. The fourth-order valence-electron chi connectivity index (χ4n) is 2.58. The smallest absolute Gasteiger partial charge is 0.147 e. The quantitative estimate of drug-likeness (QED) is 0.802. The van der Waals surface area contributed by atoms with Gasteiger partial charge in [0, 0.05) is 23.5 Å². The van der Waals surface area contributed by atoms with Gasteiger partial charge in [-0.05, 0) is 24.9 Å². The van der Waals surface area contributed by atoms with E-state index in [2.05, 4.69) is 50.4 Å². The van der Waals surface area contributed by atoms with Gasteiger partial charge in [-0.15, -0.1) is 0 Å². The van der Waals surface area contributed by atoms with E-state index < -0.39 is 9.84 Å². The van der Waals surface area contributed by atoms with Crippen molar-refractivity contribution in [2.45, 2.75) is 45.1 Å². The molecule has 4 heteroatoms. The van der Waals surface area contributed by atoms with Crippen LogP contribution in [0.15, 0.2) is 30.3 Å². The van der Waals surface area contributed by atoms with Crippen molar-refractivity contribution in [2.75, 3.05) is 18.6 Å². The van der Waals surface area contributed by atoms with Gasteiger partial charge in [-0.25, -0.2) is 8.42 Å². The van der Waals surface area contributed by atoms with Gasteiger partial charge in [0.25, 0.3) is 0 Å². The minimum atomic E-state index is -2.87. The number of hydrogen-bond donors (Lipinski definition) is 1. The van der Waals surface area contributed by atoms with Crippen molar-refractivity contribution < 1.29 is 8.42 Å². The van der Waals surface area contributed by atoms with Crippen LogP contribution in [0.2, 0.25) is 0 Å². The molecule has 0 spiro atoms. The summed E-state index contributed by atoms with van der Waals surface area (Å²) in [5.41, 5.74) is 1.26. The zero-order valence-electron chi connectivity index (χ0n) is 13.0. The second-order valence-electron chi connectivity index (χ2n) is 5.97. The Morgan fingerprint density at radius 2 is 1.80 bits per heavy atom. The van der Waals surface area contributed by atoms with Crippen LogP contribution in [0.4, 0.5) is 0 Å². The molecule has 0 saturated heterocycles. The Morgan fingerprint density at radius 3 is 2.30 bits per heavy atom. The maximum atomic E-state index is 11.3. The SMILES string of the molecule is CCNC(CCCS(C)(=O)=O)C(C)(C)c1ccccc1. The van der Waals surface area contributed by atoms with Gasteiger partial charge in [-0.1, -0.05) is 51.1 Å². The van der Waals surface area contributed by atoms with Crippen LogP contribution in [0.5, 0.6) is 0 Å². The largest absolute Gasteiger partial charge is 0.313 e. The molecule has 0 aliphatic rings. The number of hydrogen-bond acceptors (Lipinski definition) is 3. The van der Waals surface area contributed by atoms with E-state index in [1.807, 2.05) is 6.07 Å². The monoisotopic (exact) mass is 297 g/mol. The maximum absolute atomic E-state index is 11.3. The average Bonchev–Trinajstić information content (AvgIpc) is 2.37. The first kappa shape index (κ1) is 17.2. The molecule has 0 fully saturated rings. The molecular formula is C16H27NO2S. The molecule has 0 saturated carbocycles. The van der Waals surface area contributed by atoms with Crippen molar-refractivity contribution in [1.29, 1.82) is 0 Å². The predicted molar refractivity (Wildman–Crippen MR) is 85.9 cm³/mol. The molecule has 114 valence electrons. The summed E-state index contributed by atoms with van der Waals surface area (Å²) in [6.45, 7) is 7.41. The van der Waals surface area contributed by atoms with Gasteiger partial charge in [0.15, 0.2) is 0 Å². The highest BCUT2D eigenvalue weighted by molar-refractivity contribution is 7.90. The van der Waals surface area contributed by atoms with Gasteiger partial charge < -0.3 is 5.32 Å². The van der Waals surface area contributed by atoms with Crippen LogP contribution in [0.3, 0.4) is 0 Å². The Labute approximate surface area is 123 Å². The van der Waals surface area contributed by atoms with Crippen LogP contribution in [0, 0.1) is 0 Å². The molecule has 1 rings (SSSR count). The van der Waals surface area contributed by atoms with E-state index >= 15 is 0 Å². The van der Waals surface area contributed by atoms with E-state index in [0.29, 0.717) is 6.42 Å². The van der Waals surface area contributed by atoms with Crippen LogP contribution in [-0.4, -0.2) is 33.0 Å². The Morgan fingerprint density at radius 1 is 1.20 bits per heavy atom. The third-order valence-corrected chi connectivity index (χ3v) is 4.88. The fraction of sp³-hybridized carbons (Fsp3) is 0.625. The van der Waals surface area contributed by atoms with E-state index in [1.54, 1.807) is 0 Å². The van der Waals surface area contributed by atoms with E-state index in [4.69, 9.17) is 0 Å². The van der Waals surface area contributed by atoms with Crippen LogP contribution in [0.1, 0.15) is 39.2 Å². The number of benzene rings is 1. The Hall–Kier alpha value is -0.870. The fourth-order valence-corrected chi connectivity index (χ4v) is 3.27. The number of likely N-dealkylation sites (N-methyl/N-ethyl adjacent to an activating group) is 1. The second-order valence-corrected chi connectivity index (χ2v) is 8.23. The minimum Gasteiger partial charge on any atom is -0.313 e. The summed E-state index contributed by atoms with van der Waals surface area (Å²) in [6.07, 6.45) is 2.87. The molecule has 20 heavy (non-hydrogen) atoms. The average molecular weight is 297 g/mol. The van der Waals surface area contributed by atoms with Crippen LogP contribution in [-0.2, 0) is 15.3 Å². The third kappa shape index (κ3) is 5.25. The standard InChI is InChI=1S/C16H27NO2S/c1-5-17-15(12-9-13-20(4,18)19)16(2,3)14-10-7-6-8-11-14/h6-8,10-11,15,17H,5,9,12-13H2,1-4H3. The summed E-state index contributed by atoms with van der Waals surface area (Å²) in [5.74, 6) is 0.264. The molecule has 0 heterocycles. The highest BCUT2D eigenvalue weighted by atomic mass is 32.2. The molecular weight excluding hydrogens is 270 g/mol. The highest BCUT2D eigenvalue weighted by Gasteiger charge is 2.30. The lowest BCUT2D eigenvalue weighted by Gasteiger charge is -2.36. The molecule has 0 aliphatic heterocycles.